The van der Waals surface area contributed by atoms with Gasteiger partial charge in [0.1, 0.15) is 0 Å². The standard InChI is InChI=1S/C10H18/c1-6(2)9-8-5-4-7(3)10(8)9/h6-10H,4-5H2,1-3H3. The minimum Gasteiger partial charge on any atom is -0.0625 e. The van der Waals surface area contributed by atoms with E-state index in [0.717, 1.165) is 29.6 Å². The highest BCUT2D eigenvalue weighted by atomic mass is 14.6. The van der Waals surface area contributed by atoms with Crippen LogP contribution in [0.1, 0.15) is 33.6 Å². The van der Waals surface area contributed by atoms with Gasteiger partial charge in [0.05, 0.1) is 0 Å². The molecule has 0 heteroatoms. The lowest BCUT2D eigenvalue weighted by atomic mass is 9.96. The average Bonchev–Trinajstić information content (AvgIpc) is 2.48. The first kappa shape index (κ1) is 6.69. The molecule has 0 saturated heterocycles. The van der Waals surface area contributed by atoms with Crippen LogP contribution in [0.15, 0.2) is 0 Å². The molecule has 0 bridgehead atoms. The first-order valence-corrected chi connectivity index (χ1v) is 4.72. The Labute approximate surface area is 64.0 Å². The number of hydrogen-bond donors (Lipinski definition) is 0. The van der Waals surface area contributed by atoms with Gasteiger partial charge in [0.2, 0.25) is 0 Å². The van der Waals surface area contributed by atoms with Gasteiger partial charge in [-0.2, -0.15) is 0 Å². The molecule has 0 amide bonds. The molecule has 2 fully saturated rings. The predicted octanol–water partition coefficient (Wildman–Crippen LogP) is 2.93. The molecule has 4 atom stereocenters. The molecule has 2 saturated carbocycles. The van der Waals surface area contributed by atoms with Gasteiger partial charge < -0.3 is 0 Å². The molecular formula is C10H18. The van der Waals surface area contributed by atoms with E-state index in [2.05, 4.69) is 20.8 Å². The summed E-state index contributed by atoms with van der Waals surface area (Å²) in [6, 6.07) is 0. The molecule has 0 radical (unpaired) electrons. The van der Waals surface area contributed by atoms with E-state index in [1.165, 1.54) is 12.8 Å². The Morgan fingerprint density at radius 2 is 1.90 bits per heavy atom. The molecule has 0 aromatic rings. The highest BCUT2D eigenvalue weighted by molar-refractivity contribution is 5.04. The highest BCUT2D eigenvalue weighted by Gasteiger charge is 2.56. The van der Waals surface area contributed by atoms with Crippen molar-refractivity contribution in [2.45, 2.75) is 33.6 Å². The Bertz CT molecular complexity index is 133. The smallest absolute Gasteiger partial charge is 0.0324 e. The van der Waals surface area contributed by atoms with Gasteiger partial charge in [-0.1, -0.05) is 27.2 Å². The third-order valence-electron chi connectivity index (χ3n) is 3.67. The first-order valence-electron chi connectivity index (χ1n) is 4.72. The van der Waals surface area contributed by atoms with Crippen LogP contribution in [0, 0.1) is 29.6 Å². The molecule has 10 heavy (non-hydrogen) atoms. The monoisotopic (exact) mass is 138 g/mol. The fourth-order valence-corrected chi connectivity index (χ4v) is 3.20. The van der Waals surface area contributed by atoms with Crippen LogP contribution in [-0.4, -0.2) is 0 Å². The largest absolute Gasteiger partial charge is 0.0625 e. The lowest BCUT2D eigenvalue weighted by Crippen LogP contribution is -2.02. The molecule has 4 unspecified atom stereocenters. The summed E-state index contributed by atoms with van der Waals surface area (Å²) in [6.07, 6.45) is 3.05. The van der Waals surface area contributed by atoms with Crippen molar-refractivity contribution < 1.29 is 0 Å². The second-order valence-corrected chi connectivity index (χ2v) is 4.62. The molecule has 0 spiro atoms. The summed E-state index contributed by atoms with van der Waals surface area (Å²) >= 11 is 0. The third-order valence-corrected chi connectivity index (χ3v) is 3.67. The summed E-state index contributed by atoms with van der Waals surface area (Å²) in [6.45, 7) is 7.21. The lowest BCUT2D eigenvalue weighted by Gasteiger charge is -2.10. The average molecular weight is 138 g/mol. The van der Waals surface area contributed by atoms with Gasteiger partial charge in [-0.3, -0.25) is 0 Å². The Kier molecular flexibility index (Phi) is 1.33. The van der Waals surface area contributed by atoms with Crippen LogP contribution < -0.4 is 0 Å². The second-order valence-electron chi connectivity index (χ2n) is 4.62. The molecule has 0 N–H and O–H groups in total. The van der Waals surface area contributed by atoms with E-state index in [9.17, 15) is 0 Å². The maximum Gasteiger partial charge on any atom is -0.0324 e. The summed E-state index contributed by atoms with van der Waals surface area (Å²) in [5, 5.41) is 0. The minimum atomic E-state index is 0.956. The molecule has 2 rings (SSSR count). The quantitative estimate of drug-likeness (QED) is 0.522. The van der Waals surface area contributed by atoms with Gasteiger partial charge in [0.15, 0.2) is 0 Å². The van der Waals surface area contributed by atoms with E-state index >= 15 is 0 Å². The molecule has 0 aliphatic heterocycles. The number of hydrogen-bond acceptors (Lipinski definition) is 0. The van der Waals surface area contributed by atoms with Gasteiger partial charge >= 0.3 is 0 Å². The van der Waals surface area contributed by atoms with Crippen LogP contribution in [0.5, 0.6) is 0 Å². The maximum absolute atomic E-state index is 2.44. The summed E-state index contributed by atoms with van der Waals surface area (Å²) in [7, 11) is 0. The Morgan fingerprint density at radius 3 is 2.20 bits per heavy atom. The van der Waals surface area contributed by atoms with E-state index in [1.54, 1.807) is 0 Å². The number of fused-ring (bicyclic) bond motifs is 1. The first-order chi connectivity index (χ1) is 4.72. The van der Waals surface area contributed by atoms with Crippen molar-refractivity contribution in [2.75, 3.05) is 0 Å². The zero-order valence-corrected chi connectivity index (χ0v) is 7.30. The van der Waals surface area contributed by atoms with Crippen LogP contribution in [0.2, 0.25) is 0 Å². The Hall–Kier alpha value is 0. The van der Waals surface area contributed by atoms with Crippen molar-refractivity contribution >= 4 is 0 Å². The summed E-state index contributed by atoms with van der Waals surface area (Å²) < 4.78 is 0. The van der Waals surface area contributed by atoms with E-state index in [4.69, 9.17) is 0 Å². The Morgan fingerprint density at radius 1 is 1.20 bits per heavy atom. The molecule has 58 valence electrons. The van der Waals surface area contributed by atoms with Gasteiger partial charge in [-0.15, -0.1) is 0 Å². The fourth-order valence-electron chi connectivity index (χ4n) is 3.20. The molecule has 2 aliphatic rings. The third kappa shape index (κ3) is 0.741. The number of rotatable bonds is 1. The van der Waals surface area contributed by atoms with Crippen molar-refractivity contribution in [3.05, 3.63) is 0 Å². The lowest BCUT2D eigenvalue weighted by molar-refractivity contribution is 0.397. The molecule has 2 aliphatic carbocycles. The van der Waals surface area contributed by atoms with Gasteiger partial charge in [0.25, 0.3) is 0 Å². The molecular weight excluding hydrogens is 120 g/mol. The molecule has 0 aromatic heterocycles. The van der Waals surface area contributed by atoms with Crippen LogP contribution in [-0.2, 0) is 0 Å². The second kappa shape index (κ2) is 1.99. The maximum atomic E-state index is 2.44. The Balaban J connectivity index is 1.98. The van der Waals surface area contributed by atoms with E-state index in [1.807, 2.05) is 0 Å². The van der Waals surface area contributed by atoms with Crippen LogP contribution in [0.25, 0.3) is 0 Å². The minimum absolute atomic E-state index is 0.956. The predicted molar refractivity (Wildman–Crippen MR) is 43.7 cm³/mol. The van der Waals surface area contributed by atoms with Crippen LogP contribution in [0.4, 0.5) is 0 Å². The zero-order chi connectivity index (χ0) is 7.30. The normalized spacial score (nSPS) is 51.6. The summed E-state index contributed by atoms with van der Waals surface area (Å²) in [5.74, 6) is 5.41. The van der Waals surface area contributed by atoms with E-state index in [0.29, 0.717) is 0 Å². The van der Waals surface area contributed by atoms with Crippen LogP contribution in [0.3, 0.4) is 0 Å². The SMILES string of the molecule is CC(C)C1C2CCC(C)C21. The van der Waals surface area contributed by atoms with Gasteiger partial charge in [0, 0.05) is 0 Å². The van der Waals surface area contributed by atoms with E-state index in [-0.39, 0.29) is 0 Å². The van der Waals surface area contributed by atoms with Crippen molar-refractivity contribution in [1.29, 1.82) is 0 Å². The van der Waals surface area contributed by atoms with Crippen molar-refractivity contribution in [3.63, 3.8) is 0 Å². The van der Waals surface area contributed by atoms with Crippen LogP contribution >= 0.6 is 0 Å². The zero-order valence-electron chi connectivity index (χ0n) is 7.30. The van der Waals surface area contributed by atoms with Crippen molar-refractivity contribution in [2.24, 2.45) is 29.6 Å². The highest BCUT2D eigenvalue weighted by Crippen LogP contribution is 2.62. The summed E-state index contributed by atoms with van der Waals surface area (Å²) in [5.41, 5.74) is 0. The van der Waals surface area contributed by atoms with Crippen molar-refractivity contribution in [3.8, 4) is 0 Å². The molecule has 0 aromatic carbocycles. The van der Waals surface area contributed by atoms with Gasteiger partial charge in [-0.05, 0) is 36.0 Å². The fraction of sp³-hybridized carbons (Fsp3) is 1.00. The topological polar surface area (TPSA) is 0 Å². The molecule has 0 nitrogen and oxygen atoms in total. The van der Waals surface area contributed by atoms with Gasteiger partial charge in [-0.25, -0.2) is 0 Å². The molecule has 0 heterocycles. The van der Waals surface area contributed by atoms with E-state index < -0.39 is 0 Å². The van der Waals surface area contributed by atoms with Crippen molar-refractivity contribution in [1.82, 2.24) is 0 Å². The summed E-state index contributed by atoms with van der Waals surface area (Å²) in [4.78, 5) is 0.